The zero-order chi connectivity index (χ0) is 9.97. The van der Waals surface area contributed by atoms with E-state index >= 15 is 0 Å². The minimum atomic E-state index is -0.784. The average molecular weight is 287 g/mol. The highest BCUT2D eigenvalue weighted by Crippen LogP contribution is 2.21. The highest BCUT2D eigenvalue weighted by molar-refractivity contribution is 7.85. The van der Waals surface area contributed by atoms with Crippen molar-refractivity contribution < 1.29 is 4.21 Å². The smallest absolute Gasteiger partial charge is 0.183 e. The van der Waals surface area contributed by atoms with Gasteiger partial charge in [0.05, 0.1) is 5.75 Å². The van der Waals surface area contributed by atoms with E-state index in [2.05, 4.69) is 10.3 Å². The molecule has 1 unspecified atom stereocenters. The maximum absolute atomic E-state index is 11.8. The molecule has 0 amide bonds. The van der Waals surface area contributed by atoms with E-state index in [0.717, 1.165) is 24.4 Å². The summed E-state index contributed by atoms with van der Waals surface area (Å²) >= 11 is 7.12. The number of rotatable bonds is 3. The normalized spacial score (nSPS) is 22.3. The lowest BCUT2D eigenvalue weighted by Gasteiger charge is -2.06. The fourth-order valence-electron chi connectivity index (χ4n) is 1.46. The number of nitrogens with zero attached hydrogens (tertiary/aromatic N) is 1. The summed E-state index contributed by atoms with van der Waals surface area (Å²) in [4.78, 5) is 4.94. The van der Waals surface area contributed by atoms with Crippen molar-refractivity contribution in [3.05, 3.63) is 15.5 Å². The molecule has 1 aliphatic rings. The number of halogens is 2. The van der Waals surface area contributed by atoms with Crippen LogP contribution in [0, 0.1) is 0 Å². The molecule has 0 aromatic carbocycles. The Hall–Kier alpha value is 0.320. The van der Waals surface area contributed by atoms with E-state index in [1.807, 2.05) is 0 Å². The van der Waals surface area contributed by atoms with Gasteiger partial charge in [0.1, 0.15) is 0 Å². The van der Waals surface area contributed by atoms with Gasteiger partial charge in [0.25, 0.3) is 0 Å². The first-order chi connectivity index (χ1) is 6.75. The highest BCUT2D eigenvalue weighted by Gasteiger charge is 2.21. The Morgan fingerprint density at radius 3 is 3.07 bits per heavy atom. The summed E-state index contributed by atoms with van der Waals surface area (Å²) < 4.78 is 12.4. The van der Waals surface area contributed by atoms with Crippen molar-refractivity contribution in [2.45, 2.75) is 17.4 Å². The van der Waals surface area contributed by atoms with Crippen LogP contribution in [0.15, 0.2) is 6.20 Å². The van der Waals surface area contributed by atoms with Crippen molar-refractivity contribution in [1.29, 1.82) is 0 Å². The second-order valence-corrected chi connectivity index (χ2v) is 6.63. The van der Waals surface area contributed by atoms with Gasteiger partial charge in [-0.15, -0.1) is 23.7 Å². The fraction of sp³-hybridized carbons (Fsp3) is 0.625. The van der Waals surface area contributed by atoms with Gasteiger partial charge in [-0.2, -0.15) is 0 Å². The van der Waals surface area contributed by atoms with Crippen LogP contribution in [-0.4, -0.2) is 27.5 Å². The van der Waals surface area contributed by atoms with Gasteiger partial charge in [-0.1, -0.05) is 11.6 Å². The molecule has 3 nitrogen and oxygen atoms in total. The summed E-state index contributed by atoms with van der Waals surface area (Å²) in [6.07, 6.45) is 2.73. The molecule has 1 saturated heterocycles. The molecule has 1 aromatic heterocycles. The molecule has 1 fully saturated rings. The first-order valence-electron chi connectivity index (χ1n) is 4.44. The lowest BCUT2D eigenvalue weighted by molar-refractivity contribution is 0.672. The van der Waals surface area contributed by atoms with E-state index in [4.69, 9.17) is 11.6 Å². The monoisotopic (exact) mass is 286 g/mol. The molecule has 0 radical (unpaired) electrons. The van der Waals surface area contributed by atoms with Crippen LogP contribution in [0.3, 0.4) is 0 Å². The predicted octanol–water partition coefficient (Wildman–Crippen LogP) is 1.83. The van der Waals surface area contributed by atoms with Crippen molar-refractivity contribution >= 4 is 46.1 Å². The van der Waals surface area contributed by atoms with Crippen LogP contribution < -0.4 is 5.32 Å². The molecule has 7 heteroatoms. The van der Waals surface area contributed by atoms with Gasteiger partial charge in [-0.3, -0.25) is 4.21 Å². The van der Waals surface area contributed by atoms with Crippen molar-refractivity contribution in [2.24, 2.45) is 0 Å². The molecule has 2 atom stereocenters. The third-order valence-electron chi connectivity index (χ3n) is 2.20. The Morgan fingerprint density at radius 1 is 1.73 bits per heavy atom. The Bertz CT molecular complexity index is 339. The summed E-state index contributed by atoms with van der Waals surface area (Å²) in [5.41, 5.74) is 0. The standard InChI is InChI=1S/C8H11ClN2OS2.ClH/c9-8-11-3-6(13-8)5-14(12)7-1-2-10-4-7;/h3,7,10H,1-2,4-5H2;1H/t7-,14?;/m1./s1. The predicted molar refractivity (Wildman–Crippen MR) is 67.5 cm³/mol. The van der Waals surface area contributed by atoms with E-state index in [0.29, 0.717) is 15.5 Å². The van der Waals surface area contributed by atoms with Crippen LogP contribution in [0.4, 0.5) is 0 Å². The number of aromatic nitrogens is 1. The highest BCUT2D eigenvalue weighted by atomic mass is 35.5. The lowest BCUT2D eigenvalue weighted by atomic mass is 10.4. The maximum atomic E-state index is 11.8. The Kier molecular flexibility index (Phi) is 5.49. The molecule has 2 rings (SSSR count). The molecule has 15 heavy (non-hydrogen) atoms. The second-order valence-electron chi connectivity index (χ2n) is 3.22. The summed E-state index contributed by atoms with van der Waals surface area (Å²) in [6.45, 7) is 1.86. The minimum Gasteiger partial charge on any atom is -0.315 e. The topological polar surface area (TPSA) is 42.0 Å². The number of hydrogen-bond donors (Lipinski definition) is 1. The van der Waals surface area contributed by atoms with Crippen molar-refractivity contribution in [3.63, 3.8) is 0 Å². The quantitative estimate of drug-likeness (QED) is 0.922. The van der Waals surface area contributed by atoms with E-state index in [1.54, 1.807) is 6.20 Å². The largest absolute Gasteiger partial charge is 0.315 e. The first kappa shape index (κ1) is 13.4. The second kappa shape index (κ2) is 6.15. The SMILES string of the molecule is Cl.O=S(Cc1cnc(Cl)s1)[C@@H]1CCNC1. The first-order valence-corrected chi connectivity index (χ1v) is 7.01. The summed E-state index contributed by atoms with van der Waals surface area (Å²) in [5.74, 6) is 0.594. The molecule has 2 heterocycles. The van der Waals surface area contributed by atoms with Crippen LogP contribution in [-0.2, 0) is 16.6 Å². The van der Waals surface area contributed by atoms with Crippen LogP contribution >= 0.6 is 35.3 Å². The van der Waals surface area contributed by atoms with E-state index in [-0.39, 0.29) is 12.4 Å². The molecular weight excluding hydrogens is 275 g/mol. The van der Waals surface area contributed by atoms with Gasteiger partial charge >= 0.3 is 0 Å². The van der Waals surface area contributed by atoms with Gasteiger partial charge in [0.15, 0.2) is 4.47 Å². The van der Waals surface area contributed by atoms with Gasteiger partial charge in [-0.05, 0) is 13.0 Å². The van der Waals surface area contributed by atoms with Crippen molar-refractivity contribution in [1.82, 2.24) is 10.3 Å². The average Bonchev–Trinajstić information content (AvgIpc) is 2.75. The molecule has 0 saturated carbocycles. The Balaban J connectivity index is 0.00000112. The van der Waals surface area contributed by atoms with E-state index in [9.17, 15) is 4.21 Å². The summed E-state index contributed by atoms with van der Waals surface area (Å²) in [6, 6.07) is 0. The lowest BCUT2D eigenvalue weighted by Crippen LogP contribution is -2.19. The zero-order valence-corrected chi connectivity index (χ0v) is 11.1. The van der Waals surface area contributed by atoms with Gasteiger partial charge in [0.2, 0.25) is 0 Å². The third kappa shape index (κ3) is 3.67. The van der Waals surface area contributed by atoms with Crippen LogP contribution in [0.25, 0.3) is 0 Å². The minimum absolute atomic E-state index is 0. The summed E-state index contributed by atoms with van der Waals surface area (Å²) in [7, 11) is -0.784. The number of hydrogen-bond acceptors (Lipinski definition) is 4. The van der Waals surface area contributed by atoms with E-state index in [1.165, 1.54) is 11.3 Å². The summed E-state index contributed by atoms with van der Waals surface area (Å²) in [5, 5.41) is 3.51. The number of thiazole rings is 1. The van der Waals surface area contributed by atoms with E-state index < -0.39 is 10.8 Å². The fourth-order valence-corrected chi connectivity index (χ4v) is 4.09. The van der Waals surface area contributed by atoms with Gasteiger partial charge < -0.3 is 5.32 Å². The third-order valence-corrected chi connectivity index (χ3v) is 5.24. The molecule has 0 spiro atoms. The molecule has 1 N–H and O–H groups in total. The van der Waals surface area contributed by atoms with Crippen LogP contribution in [0.2, 0.25) is 4.47 Å². The molecule has 1 aliphatic heterocycles. The molecule has 0 aliphatic carbocycles. The van der Waals surface area contributed by atoms with Crippen LogP contribution in [0.1, 0.15) is 11.3 Å². The zero-order valence-electron chi connectivity index (χ0n) is 7.94. The van der Waals surface area contributed by atoms with Gasteiger partial charge in [0, 0.05) is 33.7 Å². The Labute approximate surface area is 106 Å². The van der Waals surface area contributed by atoms with Crippen LogP contribution in [0.5, 0.6) is 0 Å². The number of nitrogens with one attached hydrogen (secondary N) is 1. The maximum Gasteiger partial charge on any atom is 0.183 e. The Morgan fingerprint density at radius 2 is 2.53 bits per heavy atom. The molecular formula is C8H12Cl2N2OS2. The van der Waals surface area contributed by atoms with Crippen molar-refractivity contribution in [2.75, 3.05) is 13.1 Å². The van der Waals surface area contributed by atoms with Gasteiger partial charge in [-0.25, -0.2) is 4.98 Å². The molecule has 0 bridgehead atoms. The van der Waals surface area contributed by atoms with Crippen molar-refractivity contribution in [3.8, 4) is 0 Å². The molecule has 1 aromatic rings. The molecule has 86 valence electrons.